The molecule has 1 aromatic rings. The van der Waals surface area contributed by atoms with E-state index in [1.807, 2.05) is 49.5 Å². The van der Waals surface area contributed by atoms with Crippen LogP contribution < -0.4 is 0 Å². The number of rotatable bonds is 0. The van der Waals surface area contributed by atoms with Crippen molar-refractivity contribution in [3.8, 4) is 0 Å². The quantitative estimate of drug-likeness (QED) is 0.697. The number of pyridine rings is 1. The van der Waals surface area contributed by atoms with Gasteiger partial charge in [0, 0.05) is 47.6 Å². The highest BCUT2D eigenvalue weighted by molar-refractivity contribution is 8.04. The van der Waals surface area contributed by atoms with Crippen LogP contribution >= 0.6 is 35.3 Å². The summed E-state index contributed by atoms with van der Waals surface area (Å²) < 4.78 is 0. The van der Waals surface area contributed by atoms with E-state index in [-0.39, 0.29) is 0 Å². The van der Waals surface area contributed by atoms with Crippen LogP contribution in [0.1, 0.15) is 25.2 Å². The zero-order valence-corrected chi connectivity index (χ0v) is 16.4. The topological polar surface area (TPSA) is 37.6 Å². The van der Waals surface area contributed by atoms with Crippen molar-refractivity contribution in [3.05, 3.63) is 29.6 Å². The molecule has 0 radical (unpaired) electrons. The van der Waals surface area contributed by atoms with Gasteiger partial charge in [0.1, 0.15) is 0 Å². The maximum atomic E-state index is 4.72. The van der Waals surface area contributed by atoms with Gasteiger partial charge >= 0.3 is 0 Å². The molecule has 3 nitrogen and oxygen atoms in total. The molecule has 0 N–H and O–H groups in total. The maximum Gasteiger partial charge on any atom is 0.0845 e. The second-order valence-electron chi connectivity index (χ2n) is 5.18. The van der Waals surface area contributed by atoms with E-state index in [1.165, 1.54) is 23.0 Å². The summed E-state index contributed by atoms with van der Waals surface area (Å²) in [5, 5.41) is 0. The Morgan fingerprint density at radius 1 is 0.696 bits per heavy atom. The van der Waals surface area contributed by atoms with Crippen LogP contribution in [0.5, 0.6) is 0 Å². The Labute approximate surface area is 152 Å². The van der Waals surface area contributed by atoms with Crippen molar-refractivity contribution in [1.29, 1.82) is 0 Å². The molecule has 126 valence electrons. The molecule has 1 aromatic heterocycles. The molecule has 0 aromatic carbocycles. The van der Waals surface area contributed by atoms with E-state index in [2.05, 4.69) is 27.8 Å². The highest BCUT2D eigenvalue weighted by atomic mass is 32.2. The van der Waals surface area contributed by atoms with Gasteiger partial charge in [-0.3, -0.25) is 9.98 Å². The minimum atomic E-state index is 0.871. The van der Waals surface area contributed by atoms with E-state index >= 15 is 0 Å². The first-order valence-corrected chi connectivity index (χ1v) is 11.5. The van der Waals surface area contributed by atoms with Crippen LogP contribution in [0.2, 0.25) is 0 Å². The molecule has 0 unspecified atom stereocenters. The van der Waals surface area contributed by atoms with Crippen LogP contribution in [-0.2, 0) is 0 Å². The van der Waals surface area contributed by atoms with Gasteiger partial charge in [-0.1, -0.05) is 6.07 Å². The van der Waals surface area contributed by atoms with Crippen molar-refractivity contribution in [1.82, 2.24) is 4.98 Å². The molecular weight excluding hydrogens is 342 g/mol. The number of thioether (sulfide) groups is 3. The fourth-order valence-electron chi connectivity index (χ4n) is 2.10. The van der Waals surface area contributed by atoms with Gasteiger partial charge in [0.05, 0.1) is 22.8 Å². The molecule has 0 atom stereocenters. The Bertz CT molecular complexity index is 500. The standard InChI is InChI=1S/C17H25N3S3/c1-14-16-4-3-5-17(20-16)15(2)19-7-9-22-11-13-23-12-10-21-8-6-18-14/h3-5H,6-13H2,1-2H3. The van der Waals surface area contributed by atoms with Crippen molar-refractivity contribution in [3.63, 3.8) is 0 Å². The van der Waals surface area contributed by atoms with Gasteiger partial charge in [0.15, 0.2) is 0 Å². The van der Waals surface area contributed by atoms with Gasteiger partial charge in [0.25, 0.3) is 0 Å². The molecule has 23 heavy (non-hydrogen) atoms. The summed E-state index contributed by atoms with van der Waals surface area (Å²) in [7, 11) is 0. The molecule has 0 aliphatic carbocycles. The van der Waals surface area contributed by atoms with Crippen LogP contribution in [0.15, 0.2) is 28.2 Å². The summed E-state index contributed by atoms with van der Waals surface area (Å²) in [6, 6.07) is 6.12. The average Bonchev–Trinajstić information content (AvgIpc) is 2.58. The predicted molar refractivity (Wildman–Crippen MR) is 110 cm³/mol. The second kappa shape index (κ2) is 11.2. The normalized spacial score (nSPS) is 19.2. The number of aliphatic imine (C=N–C) groups is 2. The van der Waals surface area contributed by atoms with Crippen molar-refractivity contribution in [2.45, 2.75) is 13.8 Å². The van der Waals surface area contributed by atoms with E-state index in [4.69, 9.17) is 4.98 Å². The lowest BCUT2D eigenvalue weighted by Crippen LogP contribution is -2.07. The molecule has 2 heterocycles. The van der Waals surface area contributed by atoms with Crippen molar-refractivity contribution in [2.24, 2.45) is 9.98 Å². The molecule has 0 spiro atoms. The Kier molecular flexibility index (Phi) is 9.15. The summed E-state index contributed by atoms with van der Waals surface area (Å²) in [6.45, 7) is 5.84. The lowest BCUT2D eigenvalue weighted by molar-refractivity contribution is 1.11. The zero-order chi connectivity index (χ0) is 16.3. The van der Waals surface area contributed by atoms with E-state index in [1.54, 1.807) is 0 Å². The van der Waals surface area contributed by atoms with Crippen molar-refractivity contribution < 1.29 is 0 Å². The highest BCUT2D eigenvalue weighted by Gasteiger charge is 2.04. The Morgan fingerprint density at radius 2 is 1.13 bits per heavy atom. The number of aromatic nitrogens is 1. The average molecular weight is 368 g/mol. The minimum absolute atomic E-state index is 0.871. The first-order valence-electron chi connectivity index (χ1n) is 8.00. The molecule has 2 bridgehead atoms. The van der Waals surface area contributed by atoms with Crippen LogP contribution in [0.25, 0.3) is 0 Å². The van der Waals surface area contributed by atoms with Gasteiger partial charge in [-0.05, 0) is 26.0 Å². The predicted octanol–water partition coefficient (Wildman–Crippen LogP) is 3.91. The van der Waals surface area contributed by atoms with Crippen LogP contribution in [0, 0.1) is 0 Å². The molecule has 1 aliphatic heterocycles. The van der Waals surface area contributed by atoms with Gasteiger partial charge in [0.2, 0.25) is 0 Å². The lowest BCUT2D eigenvalue weighted by atomic mass is 10.2. The minimum Gasteiger partial charge on any atom is -0.287 e. The van der Waals surface area contributed by atoms with Gasteiger partial charge in [-0.25, -0.2) is 4.98 Å². The lowest BCUT2D eigenvalue weighted by Gasteiger charge is -2.06. The number of nitrogens with zero attached hydrogens (tertiary/aromatic N) is 3. The summed E-state index contributed by atoms with van der Waals surface area (Å²) in [5.41, 5.74) is 3.97. The Morgan fingerprint density at radius 3 is 1.61 bits per heavy atom. The van der Waals surface area contributed by atoms with Crippen molar-refractivity contribution in [2.75, 3.05) is 47.6 Å². The largest absolute Gasteiger partial charge is 0.287 e. The van der Waals surface area contributed by atoms with Gasteiger partial charge < -0.3 is 0 Å². The van der Waals surface area contributed by atoms with E-state index in [0.29, 0.717) is 0 Å². The van der Waals surface area contributed by atoms with Gasteiger partial charge in [-0.2, -0.15) is 35.3 Å². The summed E-state index contributed by atoms with van der Waals surface area (Å²) in [4.78, 5) is 14.1. The first-order chi connectivity index (χ1) is 11.3. The van der Waals surface area contributed by atoms with Crippen LogP contribution in [-0.4, -0.2) is 64.0 Å². The third-order valence-corrected chi connectivity index (χ3v) is 6.83. The SMILES string of the molecule is CC1=NCCSCCSCCSCCN=C(C)c2cccc1n2. The van der Waals surface area contributed by atoms with E-state index in [9.17, 15) is 0 Å². The third kappa shape index (κ3) is 7.31. The molecular formula is C17H25N3S3. The molecule has 0 saturated heterocycles. The fraction of sp³-hybridized carbons (Fsp3) is 0.588. The van der Waals surface area contributed by atoms with E-state index < -0.39 is 0 Å². The number of fused-ring (bicyclic) bond motifs is 2. The van der Waals surface area contributed by atoms with Crippen molar-refractivity contribution >= 4 is 46.7 Å². The van der Waals surface area contributed by atoms with Crippen LogP contribution in [0.3, 0.4) is 0 Å². The number of hydrogen-bond donors (Lipinski definition) is 0. The first kappa shape index (κ1) is 18.9. The number of hydrogen-bond acceptors (Lipinski definition) is 6. The Balaban J connectivity index is 2.07. The second-order valence-corrected chi connectivity index (χ2v) is 8.85. The third-order valence-electron chi connectivity index (χ3n) is 3.40. The zero-order valence-electron chi connectivity index (χ0n) is 14.0. The summed E-state index contributed by atoms with van der Waals surface area (Å²) in [6.07, 6.45) is 0. The maximum absolute atomic E-state index is 4.72. The summed E-state index contributed by atoms with van der Waals surface area (Å²) in [5.74, 6) is 7.12. The van der Waals surface area contributed by atoms with E-state index in [0.717, 1.165) is 47.4 Å². The molecule has 1 aliphatic rings. The molecule has 2 rings (SSSR count). The monoisotopic (exact) mass is 367 g/mol. The Hall–Kier alpha value is -0.460. The summed E-state index contributed by atoms with van der Waals surface area (Å²) >= 11 is 6.06. The fourth-order valence-corrected chi connectivity index (χ4v) is 5.04. The van der Waals surface area contributed by atoms with Crippen LogP contribution in [0.4, 0.5) is 0 Å². The molecule has 0 amide bonds. The molecule has 0 fully saturated rings. The smallest absolute Gasteiger partial charge is 0.0845 e. The molecule has 0 saturated carbocycles. The van der Waals surface area contributed by atoms with Gasteiger partial charge in [-0.15, -0.1) is 0 Å². The highest BCUT2D eigenvalue weighted by Crippen LogP contribution is 2.11. The molecule has 6 heteroatoms.